The zero-order valence-electron chi connectivity index (χ0n) is 11.1. The van der Waals surface area contributed by atoms with Crippen LogP contribution >= 0.6 is 11.8 Å². The molecule has 3 amide bonds. The Labute approximate surface area is 116 Å². The number of nitrogens with one attached hydrogen (secondary N) is 2. The zero-order chi connectivity index (χ0) is 14.4. The molecule has 0 aliphatic rings. The second-order valence-electron chi connectivity index (χ2n) is 4.37. The molecule has 0 saturated heterocycles. The van der Waals surface area contributed by atoms with Gasteiger partial charge in [-0.05, 0) is 45.0 Å². The Bertz CT molecular complexity index is 446. The summed E-state index contributed by atoms with van der Waals surface area (Å²) in [5, 5.41) is 13.6. The number of imide groups is 1. The van der Waals surface area contributed by atoms with E-state index in [9.17, 15) is 9.59 Å². The predicted molar refractivity (Wildman–Crippen MR) is 75.2 cm³/mol. The van der Waals surface area contributed by atoms with Gasteiger partial charge in [0.2, 0.25) is 5.91 Å². The normalized spacial score (nSPS) is 12.0. The van der Waals surface area contributed by atoms with E-state index >= 15 is 0 Å². The largest absolute Gasteiger partial charge is 0.508 e. The first-order valence-electron chi connectivity index (χ1n) is 5.95. The van der Waals surface area contributed by atoms with Crippen molar-refractivity contribution in [2.24, 2.45) is 0 Å². The fourth-order valence-electron chi connectivity index (χ4n) is 1.29. The summed E-state index contributed by atoms with van der Waals surface area (Å²) in [5.74, 6) is -0.172. The van der Waals surface area contributed by atoms with E-state index in [1.807, 2.05) is 13.8 Å². The summed E-state index contributed by atoms with van der Waals surface area (Å²) in [6.07, 6.45) is 0. The van der Waals surface area contributed by atoms with Crippen LogP contribution in [0, 0.1) is 0 Å². The lowest BCUT2D eigenvalue weighted by molar-refractivity contribution is -0.119. The molecule has 104 valence electrons. The van der Waals surface area contributed by atoms with E-state index < -0.39 is 11.3 Å². The minimum Gasteiger partial charge on any atom is -0.508 e. The molecule has 1 aromatic rings. The van der Waals surface area contributed by atoms with Crippen molar-refractivity contribution >= 4 is 23.7 Å². The summed E-state index contributed by atoms with van der Waals surface area (Å²) < 4.78 is 0. The third kappa shape index (κ3) is 5.65. The van der Waals surface area contributed by atoms with Gasteiger partial charge in [0, 0.05) is 10.9 Å². The van der Waals surface area contributed by atoms with Gasteiger partial charge >= 0.3 is 6.03 Å². The van der Waals surface area contributed by atoms with Crippen molar-refractivity contribution in [3.63, 3.8) is 0 Å². The van der Waals surface area contributed by atoms with Crippen LogP contribution in [0.2, 0.25) is 0 Å². The summed E-state index contributed by atoms with van der Waals surface area (Å²) >= 11 is 1.32. The average molecular weight is 282 g/mol. The van der Waals surface area contributed by atoms with Crippen molar-refractivity contribution in [3.8, 4) is 5.75 Å². The van der Waals surface area contributed by atoms with E-state index in [1.54, 1.807) is 31.2 Å². The maximum absolute atomic E-state index is 11.8. The maximum Gasteiger partial charge on any atom is 0.321 e. The van der Waals surface area contributed by atoms with E-state index in [0.717, 1.165) is 4.90 Å². The SMILES string of the molecule is CC(C)NC(=O)NC(=O)C(C)Sc1ccc(O)cc1. The van der Waals surface area contributed by atoms with Crippen LogP contribution in [0.4, 0.5) is 4.79 Å². The van der Waals surface area contributed by atoms with E-state index in [2.05, 4.69) is 10.6 Å². The number of phenolic OH excluding ortho intramolecular Hbond substituents is 1. The van der Waals surface area contributed by atoms with Crippen molar-refractivity contribution in [1.82, 2.24) is 10.6 Å². The Morgan fingerprint density at radius 3 is 2.26 bits per heavy atom. The number of hydrogen-bond donors (Lipinski definition) is 3. The first-order valence-corrected chi connectivity index (χ1v) is 6.83. The van der Waals surface area contributed by atoms with Crippen LogP contribution in [0.1, 0.15) is 20.8 Å². The molecule has 0 saturated carbocycles. The van der Waals surface area contributed by atoms with Gasteiger partial charge in [0.15, 0.2) is 0 Å². The molecule has 0 spiro atoms. The Morgan fingerprint density at radius 2 is 1.74 bits per heavy atom. The van der Waals surface area contributed by atoms with E-state index in [0.29, 0.717) is 0 Å². The van der Waals surface area contributed by atoms with E-state index in [4.69, 9.17) is 5.11 Å². The quantitative estimate of drug-likeness (QED) is 0.739. The smallest absolute Gasteiger partial charge is 0.321 e. The average Bonchev–Trinajstić information content (AvgIpc) is 2.30. The van der Waals surface area contributed by atoms with Gasteiger partial charge in [0.1, 0.15) is 5.75 Å². The highest BCUT2D eigenvalue weighted by Crippen LogP contribution is 2.24. The lowest BCUT2D eigenvalue weighted by Crippen LogP contribution is -2.45. The first kappa shape index (κ1) is 15.4. The van der Waals surface area contributed by atoms with Crippen molar-refractivity contribution < 1.29 is 14.7 Å². The lowest BCUT2D eigenvalue weighted by atomic mass is 10.3. The van der Waals surface area contributed by atoms with Crippen LogP contribution in [0.25, 0.3) is 0 Å². The predicted octanol–water partition coefficient (Wildman–Crippen LogP) is 2.11. The Hall–Kier alpha value is -1.69. The standard InChI is InChI=1S/C13H18N2O3S/c1-8(2)14-13(18)15-12(17)9(3)19-11-6-4-10(16)5-7-11/h4-9,16H,1-3H3,(H2,14,15,17,18). The lowest BCUT2D eigenvalue weighted by Gasteiger charge is -2.13. The molecule has 0 aliphatic heterocycles. The Morgan fingerprint density at radius 1 is 1.16 bits per heavy atom. The molecule has 19 heavy (non-hydrogen) atoms. The maximum atomic E-state index is 11.8. The molecule has 1 aromatic carbocycles. The summed E-state index contributed by atoms with van der Waals surface area (Å²) in [4.78, 5) is 24.0. The molecule has 0 heterocycles. The van der Waals surface area contributed by atoms with Gasteiger partial charge in [-0.25, -0.2) is 4.79 Å². The highest BCUT2D eigenvalue weighted by molar-refractivity contribution is 8.00. The van der Waals surface area contributed by atoms with E-state index in [1.165, 1.54) is 11.8 Å². The van der Waals surface area contributed by atoms with Gasteiger partial charge in [-0.3, -0.25) is 10.1 Å². The number of amides is 3. The topological polar surface area (TPSA) is 78.4 Å². The minimum atomic E-state index is -0.488. The number of carbonyl (C=O) groups excluding carboxylic acids is 2. The summed E-state index contributed by atoms with van der Waals surface area (Å²) in [6, 6.07) is 6.04. The molecule has 0 bridgehead atoms. The third-order valence-corrected chi connectivity index (χ3v) is 3.29. The second-order valence-corrected chi connectivity index (χ2v) is 5.79. The fourth-order valence-corrected chi connectivity index (χ4v) is 2.16. The van der Waals surface area contributed by atoms with E-state index in [-0.39, 0.29) is 17.7 Å². The molecule has 0 radical (unpaired) electrons. The van der Waals surface area contributed by atoms with Crippen LogP contribution < -0.4 is 10.6 Å². The molecule has 0 aliphatic carbocycles. The molecule has 3 N–H and O–H groups in total. The van der Waals surface area contributed by atoms with Gasteiger partial charge in [0.05, 0.1) is 5.25 Å². The molecule has 1 atom stereocenters. The van der Waals surface area contributed by atoms with Crippen molar-refractivity contribution in [1.29, 1.82) is 0 Å². The molecule has 1 rings (SSSR count). The van der Waals surface area contributed by atoms with Crippen LogP contribution in [0.15, 0.2) is 29.2 Å². The Balaban J connectivity index is 2.48. The molecular formula is C13H18N2O3S. The van der Waals surface area contributed by atoms with Crippen LogP contribution in [-0.4, -0.2) is 28.3 Å². The number of phenols is 1. The summed E-state index contributed by atoms with van der Waals surface area (Å²) in [7, 11) is 0. The highest BCUT2D eigenvalue weighted by atomic mass is 32.2. The number of hydrogen-bond acceptors (Lipinski definition) is 4. The van der Waals surface area contributed by atoms with Crippen LogP contribution in [0.3, 0.4) is 0 Å². The summed E-state index contributed by atoms with van der Waals surface area (Å²) in [5.41, 5.74) is 0. The number of urea groups is 1. The van der Waals surface area contributed by atoms with Crippen LogP contribution in [-0.2, 0) is 4.79 Å². The molecular weight excluding hydrogens is 264 g/mol. The molecule has 5 nitrogen and oxygen atoms in total. The first-order chi connectivity index (χ1) is 8.88. The van der Waals surface area contributed by atoms with Crippen molar-refractivity contribution in [2.75, 3.05) is 0 Å². The van der Waals surface area contributed by atoms with Crippen LogP contribution in [0.5, 0.6) is 5.75 Å². The number of carbonyl (C=O) groups is 2. The zero-order valence-corrected chi connectivity index (χ0v) is 12.0. The van der Waals surface area contributed by atoms with Gasteiger partial charge in [-0.15, -0.1) is 11.8 Å². The molecule has 0 aromatic heterocycles. The van der Waals surface area contributed by atoms with Gasteiger partial charge in [-0.2, -0.15) is 0 Å². The third-order valence-electron chi connectivity index (χ3n) is 2.18. The van der Waals surface area contributed by atoms with Gasteiger partial charge in [0.25, 0.3) is 0 Å². The summed E-state index contributed by atoms with van der Waals surface area (Å²) in [6.45, 7) is 5.35. The Kier molecular flexibility index (Phi) is 5.69. The molecule has 0 fully saturated rings. The fraction of sp³-hybridized carbons (Fsp3) is 0.385. The number of aromatic hydroxyl groups is 1. The van der Waals surface area contributed by atoms with Gasteiger partial charge < -0.3 is 10.4 Å². The van der Waals surface area contributed by atoms with Crippen molar-refractivity contribution in [2.45, 2.75) is 37.0 Å². The molecule has 6 heteroatoms. The second kappa shape index (κ2) is 7.04. The number of thioether (sulfide) groups is 1. The number of rotatable bonds is 4. The minimum absolute atomic E-state index is 0.0205. The van der Waals surface area contributed by atoms with Gasteiger partial charge in [-0.1, -0.05) is 0 Å². The highest BCUT2D eigenvalue weighted by Gasteiger charge is 2.17. The van der Waals surface area contributed by atoms with Crippen molar-refractivity contribution in [3.05, 3.63) is 24.3 Å². The monoisotopic (exact) mass is 282 g/mol. The number of benzene rings is 1. The molecule has 1 unspecified atom stereocenters.